The molecule has 0 amide bonds. The number of hydrogen-bond donors (Lipinski definition) is 0. The molecule has 0 aliphatic carbocycles. The van der Waals surface area contributed by atoms with Crippen LogP contribution in [0.3, 0.4) is 0 Å². The Balaban J connectivity index is 1.61. The van der Waals surface area contributed by atoms with Crippen molar-refractivity contribution in [3.63, 3.8) is 0 Å². The summed E-state index contributed by atoms with van der Waals surface area (Å²) in [6, 6.07) is 26.1. The first kappa shape index (κ1) is 17.0. The average molecular weight is 480 g/mol. The summed E-state index contributed by atoms with van der Waals surface area (Å²) < 4.78 is 6.33. The Bertz CT molecular complexity index is 1540. The van der Waals surface area contributed by atoms with Crippen LogP contribution in [0.5, 0.6) is 0 Å². The van der Waals surface area contributed by atoms with Gasteiger partial charge in [0.1, 0.15) is 0 Å². The van der Waals surface area contributed by atoms with Crippen molar-refractivity contribution >= 4 is 90.5 Å². The Morgan fingerprint density at radius 1 is 0.607 bits per heavy atom. The molecular weight excluding hydrogens is 468 g/mol. The van der Waals surface area contributed by atoms with Crippen LogP contribution >= 0.6 is 50.2 Å². The van der Waals surface area contributed by atoms with Crippen LogP contribution in [0.15, 0.2) is 77.3 Å². The maximum Gasteiger partial charge on any atom is 0.0413 e. The lowest BCUT2D eigenvalue weighted by Gasteiger charge is -2.05. The van der Waals surface area contributed by atoms with Gasteiger partial charge in [-0.15, -0.1) is 22.7 Å². The van der Waals surface area contributed by atoms with Gasteiger partial charge in [0.2, 0.25) is 0 Å². The lowest BCUT2D eigenvalue weighted by molar-refractivity contribution is 1.70. The van der Waals surface area contributed by atoms with Crippen molar-refractivity contribution in [3.05, 3.63) is 82.3 Å². The third kappa shape index (κ3) is 2.54. The fourth-order valence-electron chi connectivity index (χ4n) is 3.90. The number of fused-ring (bicyclic) bond motifs is 6. The van der Waals surface area contributed by atoms with E-state index >= 15 is 0 Å². The summed E-state index contributed by atoms with van der Waals surface area (Å²) in [5.74, 6) is 0. The second-order valence-electron chi connectivity index (χ2n) is 6.88. The second kappa shape index (κ2) is 6.30. The van der Waals surface area contributed by atoms with Crippen molar-refractivity contribution in [1.82, 2.24) is 0 Å². The Morgan fingerprint density at radius 2 is 1.36 bits per heavy atom. The fraction of sp³-hybridized carbons (Fsp3) is 0. The highest BCUT2D eigenvalue weighted by Crippen LogP contribution is 2.43. The molecule has 134 valence electrons. The molecule has 0 spiro atoms. The van der Waals surface area contributed by atoms with Crippen molar-refractivity contribution in [2.24, 2.45) is 0 Å². The quantitative estimate of drug-likeness (QED) is 0.220. The van der Waals surface area contributed by atoms with Crippen LogP contribution in [0.2, 0.25) is 5.02 Å². The molecule has 0 unspecified atom stereocenters. The zero-order valence-electron chi connectivity index (χ0n) is 14.5. The average Bonchev–Trinajstić information content (AvgIpc) is 3.25. The molecular formula is C24H12BrClS2. The van der Waals surface area contributed by atoms with Gasteiger partial charge in [-0.05, 0) is 59.7 Å². The first-order valence-electron chi connectivity index (χ1n) is 8.90. The lowest BCUT2D eigenvalue weighted by atomic mass is 10.0. The van der Waals surface area contributed by atoms with Crippen LogP contribution < -0.4 is 0 Å². The van der Waals surface area contributed by atoms with E-state index in [2.05, 4.69) is 82.7 Å². The van der Waals surface area contributed by atoms with Gasteiger partial charge >= 0.3 is 0 Å². The van der Waals surface area contributed by atoms with Crippen LogP contribution in [-0.2, 0) is 0 Å². The number of rotatable bonds is 1. The molecule has 0 N–H and O–H groups in total. The number of hydrogen-bond acceptors (Lipinski definition) is 2. The van der Waals surface area contributed by atoms with Crippen LogP contribution in [0.25, 0.3) is 51.5 Å². The standard InChI is InChI=1S/C24H12BrClS2/c25-19-10-14(11-23-24(19)18-12-15(26)6-8-22(18)28-23)13-5-7-21-17(9-13)16-3-1-2-4-20(16)27-21/h1-12H. The van der Waals surface area contributed by atoms with Gasteiger partial charge in [0, 0.05) is 49.8 Å². The van der Waals surface area contributed by atoms with Gasteiger partial charge in [0.25, 0.3) is 0 Å². The van der Waals surface area contributed by atoms with Crippen molar-refractivity contribution in [2.75, 3.05) is 0 Å². The fourth-order valence-corrected chi connectivity index (χ4v) is 7.12. The van der Waals surface area contributed by atoms with E-state index in [9.17, 15) is 0 Å². The smallest absolute Gasteiger partial charge is 0.0413 e. The third-order valence-corrected chi connectivity index (χ3v) is 8.33. The van der Waals surface area contributed by atoms with Crippen LogP contribution in [0, 0.1) is 0 Å². The van der Waals surface area contributed by atoms with Gasteiger partial charge in [-0.25, -0.2) is 0 Å². The highest BCUT2D eigenvalue weighted by atomic mass is 79.9. The third-order valence-electron chi connectivity index (χ3n) is 5.19. The van der Waals surface area contributed by atoms with Gasteiger partial charge in [0.15, 0.2) is 0 Å². The molecule has 0 aliphatic rings. The topological polar surface area (TPSA) is 0 Å². The summed E-state index contributed by atoms with van der Waals surface area (Å²) in [5.41, 5.74) is 2.48. The summed E-state index contributed by atoms with van der Waals surface area (Å²) in [6.07, 6.45) is 0. The lowest BCUT2D eigenvalue weighted by Crippen LogP contribution is -1.79. The van der Waals surface area contributed by atoms with Crippen molar-refractivity contribution in [1.29, 1.82) is 0 Å². The van der Waals surface area contributed by atoms with Gasteiger partial charge in [-0.3, -0.25) is 0 Å². The van der Waals surface area contributed by atoms with Crippen molar-refractivity contribution in [2.45, 2.75) is 0 Å². The van der Waals surface area contributed by atoms with Gasteiger partial charge < -0.3 is 0 Å². The van der Waals surface area contributed by atoms with Gasteiger partial charge in [-0.1, -0.05) is 51.8 Å². The molecule has 6 rings (SSSR count). The van der Waals surface area contributed by atoms with Crippen molar-refractivity contribution in [3.8, 4) is 11.1 Å². The summed E-state index contributed by atoms with van der Waals surface area (Å²) in [7, 11) is 0. The summed E-state index contributed by atoms with van der Waals surface area (Å²) in [6.45, 7) is 0. The second-order valence-corrected chi connectivity index (χ2v) is 10.3. The van der Waals surface area contributed by atoms with E-state index in [1.165, 1.54) is 51.5 Å². The summed E-state index contributed by atoms with van der Waals surface area (Å²) in [4.78, 5) is 0. The van der Waals surface area contributed by atoms with Crippen LogP contribution in [0.1, 0.15) is 0 Å². The molecule has 6 aromatic rings. The Kier molecular flexibility index (Phi) is 3.82. The molecule has 4 heteroatoms. The maximum atomic E-state index is 6.24. The Labute approximate surface area is 183 Å². The molecule has 2 aromatic heterocycles. The first-order chi connectivity index (χ1) is 13.7. The van der Waals surface area contributed by atoms with E-state index < -0.39 is 0 Å². The van der Waals surface area contributed by atoms with E-state index in [-0.39, 0.29) is 0 Å². The first-order valence-corrected chi connectivity index (χ1v) is 11.7. The molecule has 0 nitrogen and oxygen atoms in total. The molecule has 0 bridgehead atoms. The van der Waals surface area contributed by atoms with E-state index in [4.69, 9.17) is 11.6 Å². The molecule has 0 radical (unpaired) electrons. The highest BCUT2D eigenvalue weighted by Gasteiger charge is 2.12. The molecule has 4 aromatic carbocycles. The van der Waals surface area contributed by atoms with E-state index in [0.29, 0.717) is 0 Å². The summed E-state index contributed by atoms with van der Waals surface area (Å²) >= 11 is 13.7. The summed E-state index contributed by atoms with van der Waals surface area (Å²) in [5, 5.41) is 5.90. The van der Waals surface area contributed by atoms with E-state index in [0.717, 1.165) is 9.50 Å². The monoisotopic (exact) mass is 478 g/mol. The molecule has 0 fully saturated rings. The molecule has 0 atom stereocenters. The molecule has 2 heterocycles. The number of halogens is 2. The molecule has 28 heavy (non-hydrogen) atoms. The van der Waals surface area contributed by atoms with E-state index in [1.807, 2.05) is 28.7 Å². The zero-order chi connectivity index (χ0) is 18.8. The Hall–Kier alpha value is -1.91. The Morgan fingerprint density at radius 3 is 2.29 bits per heavy atom. The van der Waals surface area contributed by atoms with Gasteiger partial charge in [0.05, 0.1) is 0 Å². The minimum absolute atomic E-state index is 0.776. The predicted octanol–water partition coefficient (Wildman–Crippen LogP) is 9.51. The highest BCUT2D eigenvalue weighted by molar-refractivity contribution is 9.10. The van der Waals surface area contributed by atoms with Crippen LogP contribution in [0.4, 0.5) is 0 Å². The maximum absolute atomic E-state index is 6.24. The number of thiophene rings is 2. The zero-order valence-corrected chi connectivity index (χ0v) is 18.5. The number of benzene rings is 4. The largest absolute Gasteiger partial charge is 0.135 e. The SMILES string of the molecule is Clc1ccc2sc3cc(-c4ccc5sc6ccccc6c5c4)cc(Br)c3c2c1. The normalized spacial score (nSPS) is 11.9. The molecule has 0 saturated carbocycles. The van der Waals surface area contributed by atoms with Crippen molar-refractivity contribution < 1.29 is 0 Å². The van der Waals surface area contributed by atoms with Gasteiger partial charge in [-0.2, -0.15) is 0 Å². The molecule has 0 aliphatic heterocycles. The van der Waals surface area contributed by atoms with Crippen LogP contribution in [-0.4, -0.2) is 0 Å². The minimum atomic E-state index is 0.776. The van der Waals surface area contributed by atoms with E-state index in [1.54, 1.807) is 0 Å². The molecule has 0 saturated heterocycles. The predicted molar refractivity (Wildman–Crippen MR) is 130 cm³/mol. The minimum Gasteiger partial charge on any atom is -0.135 e.